The molecule has 1 aliphatic rings. The van der Waals surface area contributed by atoms with E-state index in [2.05, 4.69) is 15.5 Å². The molecule has 0 spiro atoms. The van der Waals surface area contributed by atoms with Crippen molar-refractivity contribution in [1.29, 1.82) is 0 Å². The van der Waals surface area contributed by atoms with Gasteiger partial charge in [-0.2, -0.15) is 12.7 Å². The summed E-state index contributed by atoms with van der Waals surface area (Å²) in [6.45, 7) is 5.59. The lowest BCUT2D eigenvalue weighted by atomic mass is 10.2. The van der Waals surface area contributed by atoms with Crippen LogP contribution in [-0.2, 0) is 19.8 Å². The zero-order valence-electron chi connectivity index (χ0n) is 19.5. The Morgan fingerprint density at radius 2 is 1.97 bits per heavy atom. The van der Waals surface area contributed by atoms with Crippen molar-refractivity contribution >= 4 is 33.8 Å². The smallest absolute Gasteiger partial charge is 0.304 e. The predicted molar refractivity (Wildman–Crippen MR) is 131 cm³/mol. The van der Waals surface area contributed by atoms with E-state index in [0.29, 0.717) is 44.4 Å². The molecule has 1 aromatic carbocycles. The summed E-state index contributed by atoms with van der Waals surface area (Å²) >= 11 is 0. The number of oxime groups is 1. The van der Waals surface area contributed by atoms with E-state index in [4.69, 9.17) is 9.57 Å². The molecule has 0 radical (unpaired) electrons. The Morgan fingerprint density at radius 1 is 1.18 bits per heavy atom. The quantitative estimate of drug-likeness (QED) is 0.279. The van der Waals surface area contributed by atoms with Crippen LogP contribution in [0, 0.1) is 0 Å². The second kappa shape index (κ2) is 12.3. The number of carbonyl (C=O) groups is 1. The van der Waals surface area contributed by atoms with Gasteiger partial charge in [-0.1, -0.05) is 5.16 Å². The van der Waals surface area contributed by atoms with Gasteiger partial charge in [0.15, 0.2) is 0 Å². The topological polar surface area (TPSA) is 113 Å². The van der Waals surface area contributed by atoms with Crippen LogP contribution in [0.4, 0.5) is 11.5 Å². The minimum absolute atomic E-state index is 0.261. The highest BCUT2D eigenvalue weighted by Gasteiger charge is 2.36. The van der Waals surface area contributed by atoms with Crippen molar-refractivity contribution in [3.05, 3.63) is 48.2 Å². The molecule has 1 aliphatic heterocycles. The normalized spacial score (nSPS) is 15.5. The molecule has 0 bridgehead atoms. The van der Waals surface area contributed by atoms with Crippen molar-refractivity contribution in [1.82, 2.24) is 9.29 Å². The van der Waals surface area contributed by atoms with Crippen LogP contribution < -0.4 is 14.4 Å². The summed E-state index contributed by atoms with van der Waals surface area (Å²) in [6.07, 6.45) is 5.57. The number of unbranched alkanes of at least 4 members (excludes halogenated alkanes) is 2. The Labute approximate surface area is 200 Å². The summed E-state index contributed by atoms with van der Waals surface area (Å²) < 4.78 is 34.5. The van der Waals surface area contributed by atoms with Crippen molar-refractivity contribution in [2.24, 2.45) is 5.16 Å². The first-order valence-electron chi connectivity index (χ1n) is 11.3. The third-order valence-corrected chi connectivity index (χ3v) is 7.07. The van der Waals surface area contributed by atoms with Crippen molar-refractivity contribution in [3.63, 3.8) is 0 Å². The highest BCUT2D eigenvalue weighted by molar-refractivity contribution is 7.90. The van der Waals surface area contributed by atoms with Crippen LogP contribution in [0.25, 0.3) is 0 Å². The molecule has 34 heavy (non-hydrogen) atoms. The molecule has 1 N–H and O–H groups in total. The van der Waals surface area contributed by atoms with E-state index in [1.165, 1.54) is 21.7 Å². The van der Waals surface area contributed by atoms with Crippen molar-refractivity contribution in [2.75, 3.05) is 42.5 Å². The Kier molecular flexibility index (Phi) is 9.23. The fraction of sp³-hybridized carbons (Fsp3) is 0.435. The van der Waals surface area contributed by atoms with E-state index in [1.54, 1.807) is 18.3 Å². The summed E-state index contributed by atoms with van der Waals surface area (Å²) in [5.74, 6) is 0.845. The minimum Gasteiger partial charge on any atom is -0.494 e. The molecule has 3 rings (SSSR count). The molecule has 0 aliphatic carbocycles. The largest absolute Gasteiger partial charge is 0.494 e. The van der Waals surface area contributed by atoms with Crippen molar-refractivity contribution in [3.8, 4) is 5.75 Å². The summed E-state index contributed by atoms with van der Waals surface area (Å²) in [6, 6.07) is 10.8. The van der Waals surface area contributed by atoms with Gasteiger partial charge in [0.25, 0.3) is 0 Å². The number of pyridine rings is 1. The third kappa shape index (κ3) is 7.16. The van der Waals surface area contributed by atoms with E-state index in [1.807, 2.05) is 31.2 Å². The molecule has 1 amide bonds. The zero-order valence-corrected chi connectivity index (χ0v) is 20.3. The maximum atomic E-state index is 12.9. The Hall–Kier alpha value is -3.18. The summed E-state index contributed by atoms with van der Waals surface area (Å²) in [4.78, 5) is 20.2. The van der Waals surface area contributed by atoms with Crippen LogP contribution in [0.15, 0.2) is 47.8 Å². The standard InChI is InChI=1S/C23H31N5O5S/c1-3-33-25-18-20-7-9-22(10-8-20)32-16-6-4-5-13-27-14-15-28(34(27,30)31)21-11-12-24-23(17-21)26-19(2)29/h7-12,17-18H,3-6,13-16H2,1-2H3,(H,24,26,29)/b25-18+. The van der Waals surface area contributed by atoms with Crippen LogP contribution in [0.5, 0.6) is 5.75 Å². The number of carbonyl (C=O) groups excluding carboxylic acids is 1. The zero-order chi connectivity index (χ0) is 24.4. The number of ether oxygens (including phenoxy) is 1. The molecule has 0 atom stereocenters. The van der Waals surface area contributed by atoms with Crippen LogP contribution in [0.1, 0.15) is 38.7 Å². The number of nitrogens with one attached hydrogen (secondary N) is 1. The number of rotatable bonds is 12. The number of amides is 1. The maximum absolute atomic E-state index is 12.9. The van der Waals surface area contributed by atoms with E-state index >= 15 is 0 Å². The number of hydrogen-bond donors (Lipinski definition) is 1. The Bertz CT molecular complexity index is 1080. The van der Waals surface area contributed by atoms with Gasteiger partial charge in [0.1, 0.15) is 18.2 Å². The number of anilines is 2. The highest BCUT2D eigenvalue weighted by Crippen LogP contribution is 2.26. The number of nitrogens with zero attached hydrogens (tertiary/aromatic N) is 4. The average molecular weight is 490 g/mol. The molecule has 2 aromatic rings. The molecule has 1 saturated heterocycles. The Balaban J connectivity index is 1.40. The molecule has 2 heterocycles. The lowest BCUT2D eigenvalue weighted by Gasteiger charge is -2.20. The SMILES string of the molecule is CCO/N=C/c1ccc(OCCCCCN2CCN(c3ccnc(NC(C)=O)c3)S2(=O)=O)cc1. The molecule has 11 heteroatoms. The third-order valence-electron chi connectivity index (χ3n) is 5.10. The van der Waals surface area contributed by atoms with E-state index in [0.717, 1.165) is 30.6 Å². The molecule has 10 nitrogen and oxygen atoms in total. The summed E-state index contributed by atoms with van der Waals surface area (Å²) in [5, 5.41) is 6.41. The van der Waals surface area contributed by atoms with E-state index < -0.39 is 10.2 Å². The van der Waals surface area contributed by atoms with E-state index in [-0.39, 0.29) is 5.91 Å². The fourth-order valence-electron chi connectivity index (χ4n) is 3.46. The van der Waals surface area contributed by atoms with Crippen molar-refractivity contribution < 1.29 is 22.8 Å². The average Bonchev–Trinajstić information content (AvgIpc) is 3.10. The molecule has 1 fully saturated rings. The van der Waals surface area contributed by atoms with Crippen LogP contribution >= 0.6 is 0 Å². The van der Waals surface area contributed by atoms with Gasteiger partial charge < -0.3 is 14.9 Å². The van der Waals surface area contributed by atoms with Gasteiger partial charge in [-0.05, 0) is 62.1 Å². The Morgan fingerprint density at radius 3 is 2.71 bits per heavy atom. The second-order valence-electron chi connectivity index (χ2n) is 7.69. The molecule has 184 valence electrons. The summed E-state index contributed by atoms with van der Waals surface area (Å²) in [7, 11) is -3.60. The fourth-order valence-corrected chi connectivity index (χ4v) is 5.11. The minimum atomic E-state index is -3.60. The summed E-state index contributed by atoms with van der Waals surface area (Å²) in [5.41, 5.74) is 1.42. The molecular weight excluding hydrogens is 458 g/mol. The first-order valence-corrected chi connectivity index (χ1v) is 12.7. The highest BCUT2D eigenvalue weighted by atomic mass is 32.2. The van der Waals surface area contributed by atoms with Gasteiger partial charge in [-0.15, -0.1) is 0 Å². The molecule has 0 unspecified atom stereocenters. The number of aromatic nitrogens is 1. The molecule has 0 saturated carbocycles. The molecular formula is C23H31N5O5S. The lowest BCUT2D eigenvalue weighted by Crippen LogP contribution is -2.33. The number of benzene rings is 1. The lowest BCUT2D eigenvalue weighted by molar-refractivity contribution is -0.114. The second-order valence-corrected chi connectivity index (χ2v) is 9.54. The monoisotopic (exact) mass is 489 g/mol. The predicted octanol–water partition coefficient (Wildman–Crippen LogP) is 3.03. The van der Waals surface area contributed by atoms with Crippen molar-refractivity contribution in [2.45, 2.75) is 33.1 Å². The first kappa shape index (κ1) is 25.4. The van der Waals surface area contributed by atoms with E-state index in [9.17, 15) is 13.2 Å². The van der Waals surface area contributed by atoms with Crippen LogP contribution in [0.2, 0.25) is 0 Å². The number of hydrogen-bond acceptors (Lipinski definition) is 7. The van der Waals surface area contributed by atoms with Crippen LogP contribution in [-0.4, -0.2) is 62.7 Å². The van der Waals surface area contributed by atoms with Crippen LogP contribution in [0.3, 0.4) is 0 Å². The van der Waals surface area contributed by atoms with Gasteiger partial charge in [-0.25, -0.2) is 4.98 Å². The maximum Gasteiger partial charge on any atom is 0.304 e. The van der Waals surface area contributed by atoms with Gasteiger partial charge >= 0.3 is 10.2 Å². The first-order chi connectivity index (χ1) is 16.4. The van der Waals surface area contributed by atoms with Gasteiger partial charge in [-0.3, -0.25) is 9.10 Å². The molecule has 1 aromatic heterocycles. The van der Waals surface area contributed by atoms with Gasteiger partial charge in [0.2, 0.25) is 5.91 Å². The van der Waals surface area contributed by atoms with Gasteiger partial charge in [0.05, 0.1) is 18.5 Å². The van der Waals surface area contributed by atoms with Gasteiger partial charge in [0, 0.05) is 38.8 Å².